The van der Waals surface area contributed by atoms with E-state index in [1.54, 1.807) is 5.57 Å². The monoisotopic (exact) mass is 178 g/mol. The molecule has 0 nitrogen and oxygen atoms in total. The molecule has 0 saturated carbocycles. The Bertz CT molecular complexity index is 220. The Morgan fingerprint density at radius 3 is 2.62 bits per heavy atom. The van der Waals surface area contributed by atoms with E-state index in [4.69, 9.17) is 0 Å². The zero-order valence-electron chi connectivity index (χ0n) is 9.43. The van der Waals surface area contributed by atoms with Gasteiger partial charge in [-0.2, -0.15) is 0 Å². The minimum Gasteiger partial charge on any atom is -0.0998 e. The van der Waals surface area contributed by atoms with Gasteiger partial charge in [0.2, 0.25) is 0 Å². The third-order valence-corrected chi connectivity index (χ3v) is 3.19. The van der Waals surface area contributed by atoms with Gasteiger partial charge in [0.15, 0.2) is 0 Å². The van der Waals surface area contributed by atoms with E-state index in [-0.39, 0.29) is 0 Å². The van der Waals surface area contributed by atoms with Crippen molar-refractivity contribution in [3.8, 4) is 0 Å². The Morgan fingerprint density at radius 2 is 2.15 bits per heavy atom. The highest BCUT2D eigenvalue weighted by Crippen LogP contribution is 2.36. The lowest BCUT2D eigenvalue weighted by Gasteiger charge is -2.32. The molecule has 0 aliphatic heterocycles. The van der Waals surface area contributed by atoms with Gasteiger partial charge in [-0.1, -0.05) is 37.6 Å². The van der Waals surface area contributed by atoms with E-state index in [0.29, 0.717) is 0 Å². The molecule has 2 atom stereocenters. The van der Waals surface area contributed by atoms with Crippen molar-refractivity contribution in [1.29, 1.82) is 0 Å². The third kappa shape index (κ3) is 2.46. The summed E-state index contributed by atoms with van der Waals surface area (Å²) in [6, 6.07) is 0. The predicted molar refractivity (Wildman–Crippen MR) is 59.6 cm³/mol. The summed E-state index contributed by atoms with van der Waals surface area (Å²) >= 11 is 0. The molecule has 0 spiro atoms. The SMILES string of the molecule is C=C(C)[C@@H]1CCC(C)=CC1C(C)C. The molecule has 0 aromatic rings. The van der Waals surface area contributed by atoms with Gasteiger partial charge in [0, 0.05) is 0 Å². The lowest BCUT2D eigenvalue weighted by atomic mass is 9.73. The highest BCUT2D eigenvalue weighted by molar-refractivity contribution is 5.14. The summed E-state index contributed by atoms with van der Waals surface area (Å²) in [5.74, 6) is 2.20. The van der Waals surface area contributed by atoms with E-state index in [2.05, 4.69) is 40.3 Å². The van der Waals surface area contributed by atoms with Crippen LogP contribution in [0.25, 0.3) is 0 Å². The summed E-state index contributed by atoms with van der Waals surface area (Å²) in [7, 11) is 0. The van der Waals surface area contributed by atoms with Crippen LogP contribution in [0.2, 0.25) is 0 Å². The molecule has 1 unspecified atom stereocenters. The molecule has 0 fully saturated rings. The number of hydrogen-bond acceptors (Lipinski definition) is 0. The van der Waals surface area contributed by atoms with Crippen LogP contribution in [-0.4, -0.2) is 0 Å². The molecule has 0 heterocycles. The fourth-order valence-corrected chi connectivity index (χ4v) is 2.34. The average Bonchev–Trinajstić information content (AvgIpc) is 2.03. The summed E-state index contributed by atoms with van der Waals surface area (Å²) in [5.41, 5.74) is 2.93. The van der Waals surface area contributed by atoms with Crippen molar-refractivity contribution in [3.63, 3.8) is 0 Å². The first-order valence-corrected chi connectivity index (χ1v) is 5.35. The molecule has 0 aromatic carbocycles. The normalized spacial score (nSPS) is 28.8. The van der Waals surface area contributed by atoms with Gasteiger partial charge in [-0.05, 0) is 44.4 Å². The molecule has 0 N–H and O–H groups in total. The van der Waals surface area contributed by atoms with Gasteiger partial charge in [0.05, 0.1) is 0 Å². The lowest BCUT2D eigenvalue weighted by molar-refractivity contribution is 0.317. The Kier molecular flexibility index (Phi) is 3.35. The molecule has 1 rings (SSSR count). The molecule has 0 aromatic heterocycles. The van der Waals surface area contributed by atoms with E-state index >= 15 is 0 Å². The second-order valence-electron chi connectivity index (χ2n) is 4.83. The Morgan fingerprint density at radius 1 is 1.54 bits per heavy atom. The maximum absolute atomic E-state index is 4.11. The predicted octanol–water partition coefficient (Wildman–Crippen LogP) is 4.19. The number of allylic oxidation sites excluding steroid dienone is 3. The Labute approximate surface area is 82.7 Å². The van der Waals surface area contributed by atoms with Crippen molar-refractivity contribution >= 4 is 0 Å². The van der Waals surface area contributed by atoms with Crippen molar-refractivity contribution < 1.29 is 0 Å². The van der Waals surface area contributed by atoms with Crippen LogP contribution in [-0.2, 0) is 0 Å². The summed E-state index contributed by atoms with van der Waals surface area (Å²) in [6.07, 6.45) is 5.04. The molecular formula is C13H22. The van der Waals surface area contributed by atoms with Gasteiger partial charge in [-0.3, -0.25) is 0 Å². The molecule has 0 saturated heterocycles. The minimum absolute atomic E-state index is 0.726. The lowest BCUT2D eigenvalue weighted by Crippen LogP contribution is -2.22. The average molecular weight is 178 g/mol. The maximum atomic E-state index is 4.11. The van der Waals surface area contributed by atoms with Gasteiger partial charge in [-0.25, -0.2) is 0 Å². The Balaban J connectivity index is 2.82. The third-order valence-electron chi connectivity index (χ3n) is 3.19. The smallest absolute Gasteiger partial charge is 0.0140 e. The number of rotatable bonds is 2. The highest BCUT2D eigenvalue weighted by Gasteiger charge is 2.26. The first-order valence-electron chi connectivity index (χ1n) is 5.35. The van der Waals surface area contributed by atoms with Crippen molar-refractivity contribution in [2.24, 2.45) is 17.8 Å². The summed E-state index contributed by atoms with van der Waals surface area (Å²) < 4.78 is 0. The summed E-state index contributed by atoms with van der Waals surface area (Å²) in [4.78, 5) is 0. The summed E-state index contributed by atoms with van der Waals surface area (Å²) in [5, 5.41) is 0. The second-order valence-corrected chi connectivity index (χ2v) is 4.83. The molecule has 13 heavy (non-hydrogen) atoms. The zero-order chi connectivity index (χ0) is 10.0. The fourth-order valence-electron chi connectivity index (χ4n) is 2.34. The first kappa shape index (κ1) is 10.6. The summed E-state index contributed by atoms with van der Waals surface area (Å²) in [6.45, 7) is 13.2. The van der Waals surface area contributed by atoms with Crippen LogP contribution in [0.3, 0.4) is 0 Å². The second kappa shape index (κ2) is 4.13. The van der Waals surface area contributed by atoms with E-state index in [1.807, 2.05) is 0 Å². The van der Waals surface area contributed by atoms with Crippen LogP contribution in [0, 0.1) is 17.8 Å². The van der Waals surface area contributed by atoms with Crippen LogP contribution < -0.4 is 0 Å². The quantitative estimate of drug-likeness (QED) is 0.556. The zero-order valence-corrected chi connectivity index (χ0v) is 9.43. The van der Waals surface area contributed by atoms with Gasteiger partial charge in [-0.15, -0.1) is 0 Å². The fraction of sp³-hybridized carbons (Fsp3) is 0.692. The van der Waals surface area contributed by atoms with Crippen molar-refractivity contribution in [1.82, 2.24) is 0 Å². The molecule has 1 aliphatic carbocycles. The van der Waals surface area contributed by atoms with E-state index < -0.39 is 0 Å². The van der Waals surface area contributed by atoms with Crippen molar-refractivity contribution in [2.75, 3.05) is 0 Å². The largest absolute Gasteiger partial charge is 0.0998 e. The maximum Gasteiger partial charge on any atom is -0.0140 e. The van der Waals surface area contributed by atoms with Gasteiger partial charge < -0.3 is 0 Å². The van der Waals surface area contributed by atoms with Gasteiger partial charge in [0.25, 0.3) is 0 Å². The van der Waals surface area contributed by atoms with Gasteiger partial charge >= 0.3 is 0 Å². The molecule has 74 valence electrons. The molecule has 0 heteroatoms. The van der Waals surface area contributed by atoms with E-state index in [0.717, 1.165) is 17.8 Å². The first-order chi connectivity index (χ1) is 6.02. The molecule has 0 amide bonds. The van der Waals surface area contributed by atoms with E-state index in [9.17, 15) is 0 Å². The van der Waals surface area contributed by atoms with Crippen LogP contribution in [0.15, 0.2) is 23.8 Å². The molecule has 1 aliphatic rings. The topological polar surface area (TPSA) is 0 Å². The van der Waals surface area contributed by atoms with E-state index in [1.165, 1.54) is 18.4 Å². The van der Waals surface area contributed by atoms with Crippen LogP contribution in [0.4, 0.5) is 0 Å². The highest BCUT2D eigenvalue weighted by atomic mass is 14.3. The van der Waals surface area contributed by atoms with Crippen LogP contribution >= 0.6 is 0 Å². The van der Waals surface area contributed by atoms with Crippen molar-refractivity contribution in [2.45, 2.75) is 40.5 Å². The standard InChI is InChI=1S/C13H22/c1-9(2)12-7-6-11(5)8-13(12)10(3)4/h8,10,12-13H,1,6-7H2,2-5H3/t12-,13?/m0/s1. The molecule has 0 radical (unpaired) electrons. The molecular weight excluding hydrogens is 156 g/mol. The minimum atomic E-state index is 0.726. The molecule has 0 bridgehead atoms. The van der Waals surface area contributed by atoms with Gasteiger partial charge in [0.1, 0.15) is 0 Å². The number of hydrogen-bond donors (Lipinski definition) is 0. The Hall–Kier alpha value is -0.520. The van der Waals surface area contributed by atoms with Crippen LogP contribution in [0.5, 0.6) is 0 Å². The van der Waals surface area contributed by atoms with Crippen LogP contribution in [0.1, 0.15) is 40.5 Å². The van der Waals surface area contributed by atoms with Crippen molar-refractivity contribution in [3.05, 3.63) is 23.8 Å².